The van der Waals surface area contributed by atoms with E-state index in [0.717, 1.165) is 54.9 Å². The lowest BCUT2D eigenvalue weighted by Gasteiger charge is -2.19. The van der Waals surface area contributed by atoms with Gasteiger partial charge < -0.3 is 20.1 Å². The quantitative estimate of drug-likeness (QED) is 0.242. The molecule has 0 saturated carbocycles. The highest BCUT2D eigenvalue weighted by Crippen LogP contribution is 2.24. The molecule has 1 atom stereocenters. The van der Waals surface area contributed by atoms with Crippen molar-refractivity contribution >= 4 is 29.9 Å². The molecule has 0 aliphatic carbocycles. The van der Waals surface area contributed by atoms with Crippen LogP contribution in [0, 0.1) is 0 Å². The van der Waals surface area contributed by atoms with Gasteiger partial charge in [0.2, 0.25) is 0 Å². The highest BCUT2D eigenvalue weighted by molar-refractivity contribution is 14.0. The van der Waals surface area contributed by atoms with E-state index in [2.05, 4.69) is 42.7 Å². The second-order valence-electron chi connectivity index (χ2n) is 7.98. The summed E-state index contributed by atoms with van der Waals surface area (Å²) in [4.78, 5) is 11.2. The fraction of sp³-hybridized carbons (Fsp3) is 0.375. The van der Waals surface area contributed by atoms with Gasteiger partial charge in [-0.3, -0.25) is 9.89 Å². The summed E-state index contributed by atoms with van der Waals surface area (Å²) in [6, 6.07) is 12.3. The topological polar surface area (TPSA) is 88.8 Å². The highest BCUT2D eigenvalue weighted by Gasteiger charge is 2.23. The van der Waals surface area contributed by atoms with E-state index in [0.29, 0.717) is 12.6 Å². The van der Waals surface area contributed by atoms with Crippen LogP contribution in [-0.4, -0.2) is 66.0 Å². The van der Waals surface area contributed by atoms with Crippen molar-refractivity contribution in [2.75, 3.05) is 34.4 Å². The molecule has 2 N–H and O–H groups in total. The molecule has 2 aromatic heterocycles. The number of aliphatic imine (C=N–C) groups is 1. The predicted octanol–water partition coefficient (Wildman–Crippen LogP) is 2.84. The lowest BCUT2D eigenvalue weighted by molar-refractivity contribution is 0.321. The summed E-state index contributed by atoms with van der Waals surface area (Å²) in [5, 5.41) is 11.2. The van der Waals surface area contributed by atoms with Gasteiger partial charge in [0.05, 0.1) is 14.2 Å². The molecule has 3 aromatic rings. The summed E-state index contributed by atoms with van der Waals surface area (Å²) in [7, 11) is 5.15. The Morgan fingerprint density at radius 2 is 1.91 bits per heavy atom. The fourth-order valence-electron chi connectivity index (χ4n) is 3.98. The van der Waals surface area contributed by atoms with E-state index >= 15 is 0 Å². The van der Waals surface area contributed by atoms with E-state index < -0.39 is 0 Å². The van der Waals surface area contributed by atoms with Gasteiger partial charge in [0, 0.05) is 63.9 Å². The third-order valence-electron chi connectivity index (χ3n) is 5.66. The Morgan fingerprint density at radius 1 is 1.12 bits per heavy atom. The van der Waals surface area contributed by atoms with Crippen LogP contribution < -0.4 is 20.1 Å². The van der Waals surface area contributed by atoms with Gasteiger partial charge in [-0.15, -0.1) is 24.0 Å². The first-order valence-corrected chi connectivity index (χ1v) is 11.0. The van der Waals surface area contributed by atoms with Crippen LogP contribution in [0.5, 0.6) is 11.5 Å². The number of guanidine groups is 1. The number of nitrogens with zero attached hydrogens (tertiary/aromatic N) is 5. The van der Waals surface area contributed by atoms with Crippen molar-refractivity contribution < 1.29 is 9.47 Å². The van der Waals surface area contributed by atoms with Gasteiger partial charge in [-0.1, -0.05) is 0 Å². The summed E-state index contributed by atoms with van der Waals surface area (Å²) in [6.07, 6.45) is 6.48. The van der Waals surface area contributed by atoms with Gasteiger partial charge in [-0.05, 0) is 47.9 Å². The molecule has 34 heavy (non-hydrogen) atoms. The maximum Gasteiger partial charge on any atom is 0.191 e. The van der Waals surface area contributed by atoms with Crippen LogP contribution in [0.4, 0.5) is 0 Å². The number of hydrogen-bond donors (Lipinski definition) is 2. The van der Waals surface area contributed by atoms with Crippen molar-refractivity contribution in [2.45, 2.75) is 25.6 Å². The zero-order valence-corrected chi connectivity index (χ0v) is 22.1. The number of hydrogen-bond acceptors (Lipinski definition) is 6. The monoisotopic (exact) mass is 577 g/mol. The van der Waals surface area contributed by atoms with Crippen molar-refractivity contribution in [1.29, 1.82) is 0 Å². The second-order valence-corrected chi connectivity index (χ2v) is 7.98. The average molecular weight is 577 g/mol. The lowest BCUT2D eigenvalue weighted by atomic mass is 10.2. The molecule has 3 heterocycles. The molecule has 1 saturated heterocycles. The van der Waals surface area contributed by atoms with Gasteiger partial charge in [-0.2, -0.15) is 5.10 Å². The Hall–Kier alpha value is -2.86. The molecule has 1 unspecified atom stereocenters. The van der Waals surface area contributed by atoms with Crippen LogP contribution in [-0.2, 0) is 13.1 Å². The van der Waals surface area contributed by atoms with Gasteiger partial charge in [-0.25, -0.2) is 9.67 Å². The molecule has 1 fully saturated rings. The molecule has 4 rings (SSSR count). The maximum atomic E-state index is 5.40. The SMILES string of the molecule is CN=C(NCc1ccnc(-n2cccn2)c1)NC1CCN(Cc2cc(OC)cc(OC)c2)C1.I. The predicted molar refractivity (Wildman–Crippen MR) is 143 cm³/mol. The molecule has 1 aliphatic rings. The standard InChI is InChI=1S/C24H31N7O2.HI/c1-25-24(27-15-18-5-8-26-23(13-18)31-9-4-7-28-31)29-20-6-10-30(17-20)16-19-11-21(32-2)14-22(12-19)33-3;/h4-5,7-9,11-14,20H,6,10,15-17H2,1-3H3,(H2,25,27,29);1H. The van der Waals surface area contributed by atoms with Crippen LogP contribution in [0.15, 0.2) is 60.0 Å². The summed E-state index contributed by atoms with van der Waals surface area (Å²) < 4.78 is 12.5. The second kappa shape index (κ2) is 12.6. The highest BCUT2D eigenvalue weighted by atomic mass is 127. The average Bonchev–Trinajstić information content (AvgIpc) is 3.54. The van der Waals surface area contributed by atoms with Crippen molar-refractivity contribution in [3.8, 4) is 17.3 Å². The number of likely N-dealkylation sites (tertiary alicyclic amines) is 1. The number of methoxy groups -OCH3 is 2. The Labute approximate surface area is 217 Å². The molecule has 1 aliphatic heterocycles. The van der Waals surface area contributed by atoms with Crippen LogP contribution in [0.25, 0.3) is 5.82 Å². The molecule has 182 valence electrons. The number of benzene rings is 1. The Morgan fingerprint density at radius 3 is 2.59 bits per heavy atom. The van der Waals surface area contributed by atoms with E-state index in [4.69, 9.17) is 9.47 Å². The number of aromatic nitrogens is 3. The molecular weight excluding hydrogens is 545 g/mol. The largest absolute Gasteiger partial charge is 0.497 e. The zero-order valence-electron chi connectivity index (χ0n) is 19.8. The number of rotatable bonds is 8. The molecule has 0 radical (unpaired) electrons. The van der Waals surface area contributed by atoms with E-state index in [1.54, 1.807) is 38.3 Å². The summed E-state index contributed by atoms with van der Waals surface area (Å²) in [5.41, 5.74) is 2.29. The normalized spacial score (nSPS) is 16.1. The van der Waals surface area contributed by atoms with Crippen molar-refractivity contribution in [1.82, 2.24) is 30.3 Å². The third-order valence-corrected chi connectivity index (χ3v) is 5.66. The van der Waals surface area contributed by atoms with Gasteiger partial charge >= 0.3 is 0 Å². The molecule has 9 nitrogen and oxygen atoms in total. The first-order chi connectivity index (χ1) is 16.2. The lowest BCUT2D eigenvalue weighted by Crippen LogP contribution is -2.44. The molecule has 10 heteroatoms. The summed E-state index contributed by atoms with van der Waals surface area (Å²) >= 11 is 0. The third kappa shape index (κ3) is 6.83. The Bertz CT molecular complexity index is 1050. The minimum atomic E-state index is 0. The molecular formula is C24H32IN7O2. The smallest absolute Gasteiger partial charge is 0.191 e. The van der Waals surface area contributed by atoms with Gasteiger partial charge in [0.15, 0.2) is 11.8 Å². The van der Waals surface area contributed by atoms with Crippen molar-refractivity contribution in [3.05, 3.63) is 66.1 Å². The summed E-state index contributed by atoms with van der Waals surface area (Å²) in [5.74, 6) is 3.22. The van der Waals surface area contributed by atoms with E-state index in [9.17, 15) is 0 Å². The Balaban J connectivity index is 0.00000324. The number of halogens is 1. The summed E-state index contributed by atoms with van der Waals surface area (Å²) in [6.45, 7) is 3.46. The Kier molecular flexibility index (Phi) is 9.52. The van der Waals surface area contributed by atoms with Crippen LogP contribution in [0.3, 0.4) is 0 Å². The number of nitrogens with one attached hydrogen (secondary N) is 2. The van der Waals surface area contributed by atoms with Gasteiger partial charge in [0.25, 0.3) is 0 Å². The van der Waals surface area contributed by atoms with E-state index in [1.807, 2.05) is 30.5 Å². The molecule has 0 spiro atoms. The first-order valence-electron chi connectivity index (χ1n) is 11.0. The first kappa shape index (κ1) is 25.8. The fourth-order valence-corrected chi connectivity index (χ4v) is 3.98. The zero-order chi connectivity index (χ0) is 23.0. The minimum absolute atomic E-state index is 0. The molecule has 1 aromatic carbocycles. The molecule has 0 amide bonds. The number of ether oxygens (including phenoxy) is 2. The van der Waals surface area contributed by atoms with E-state index in [1.165, 1.54) is 5.56 Å². The van der Waals surface area contributed by atoms with Crippen LogP contribution in [0.2, 0.25) is 0 Å². The number of pyridine rings is 1. The maximum absolute atomic E-state index is 5.40. The van der Waals surface area contributed by atoms with Crippen molar-refractivity contribution in [3.63, 3.8) is 0 Å². The van der Waals surface area contributed by atoms with Crippen LogP contribution in [0.1, 0.15) is 17.5 Å². The molecule has 0 bridgehead atoms. The van der Waals surface area contributed by atoms with E-state index in [-0.39, 0.29) is 24.0 Å². The minimum Gasteiger partial charge on any atom is -0.497 e. The van der Waals surface area contributed by atoms with Crippen LogP contribution >= 0.6 is 24.0 Å². The van der Waals surface area contributed by atoms with Gasteiger partial charge in [0.1, 0.15) is 11.5 Å². The van der Waals surface area contributed by atoms with Crippen molar-refractivity contribution in [2.24, 2.45) is 4.99 Å².